The number of nitrogens with two attached hydrogens (primary N) is 1. The van der Waals surface area contributed by atoms with Gasteiger partial charge in [0.2, 0.25) is 10.0 Å². The molecule has 0 heterocycles. The molecule has 0 radical (unpaired) electrons. The second kappa shape index (κ2) is 8.24. The van der Waals surface area contributed by atoms with Crippen LogP contribution in [0.3, 0.4) is 0 Å². The van der Waals surface area contributed by atoms with Crippen molar-refractivity contribution in [1.29, 1.82) is 0 Å². The van der Waals surface area contributed by atoms with Crippen molar-refractivity contribution >= 4 is 15.7 Å². The van der Waals surface area contributed by atoms with Gasteiger partial charge >= 0.3 is 0 Å². The van der Waals surface area contributed by atoms with Crippen molar-refractivity contribution in [3.8, 4) is 5.75 Å². The number of unbranched alkanes of at least 4 members (excludes halogenated alkanes) is 3. The highest BCUT2D eigenvalue weighted by Gasteiger charge is 2.19. The lowest BCUT2D eigenvalue weighted by Gasteiger charge is -2.17. The smallest absolute Gasteiger partial charge is 0.244 e. The van der Waals surface area contributed by atoms with E-state index in [1.165, 1.54) is 32.4 Å². The molecule has 0 aromatic heterocycles. The summed E-state index contributed by atoms with van der Waals surface area (Å²) in [5.74, 6) is 0.349. The van der Waals surface area contributed by atoms with Gasteiger partial charge in [-0.05, 0) is 45.0 Å². The van der Waals surface area contributed by atoms with Gasteiger partial charge in [0.1, 0.15) is 10.6 Å². The molecule has 1 aromatic rings. The van der Waals surface area contributed by atoms with Crippen molar-refractivity contribution in [1.82, 2.24) is 4.72 Å². The van der Waals surface area contributed by atoms with Crippen molar-refractivity contribution in [2.24, 2.45) is 0 Å². The van der Waals surface area contributed by atoms with Crippen LogP contribution in [-0.4, -0.2) is 21.6 Å². The van der Waals surface area contributed by atoms with E-state index in [-0.39, 0.29) is 11.0 Å². The first-order valence-electron chi connectivity index (χ1n) is 7.40. The van der Waals surface area contributed by atoms with Gasteiger partial charge in [0.15, 0.2) is 0 Å². The summed E-state index contributed by atoms with van der Waals surface area (Å²) in [4.78, 5) is 0.0883. The van der Waals surface area contributed by atoms with Gasteiger partial charge in [-0.2, -0.15) is 0 Å². The summed E-state index contributed by atoms with van der Waals surface area (Å²) in [6, 6.07) is 4.68. The summed E-state index contributed by atoms with van der Waals surface area (Å²) in [5.41, 5.74) is 6.07. The monoisotopic (exact) mass is 314 g/mol. The lowest BCUT2D eigenvalue weighted by atomic mass is 10.1. The van der Waals surface area contributed by atoms with E-state index in [0.717, 1.165) is 12.8 Å². The molecule has 3 N–H and O–H groups in total. The number of sulfonamides is 1. The first-order valence-corrected chi connectivity index (χ1v) is 8.88. The van der Waals surface area contributed by atoms with Gasteiger partial charge in [-0.1, -0.05) is 26.2 Å². The van der Waals surface area contributed by atoms with E-state index in [1.807, 2.05) is 6.92 Å². The fraction of sp³-hybridized carbons (Fsp3) is 0.600. The Kier molecular flexibility index (Phi) is 6.98. The Labute approximate surface area is 127 Å². The minimum absolute atomic E-state index is 0.0312. The van der Waals surface area contributed by atoms with Crippen molar-refractivity contribution in [2.75, 3.05) is 12.8 Å². The van der Waals surface area contributed by atoms with Crippen molar-refractivity contribution in [2.45, 2.75) is 57.0 Å². The lowest BCUT2D eigenvalue weighted by Crippen LogP contribution is -2.21. The van der Waals surface area contributed by atoms with Gasteiger partial charge in [-0.25, -0.2) is 13.1 Å². The average molecular weight is 314 g/mol. The Balaban J connectivity index is 2.79. The van der Waals surface area contributed by atoms with Gasteiger partial charge in [0, 0.05) is 5.69 Å². The van der Waals surface area contributed by atoms with Crippen molar-refractivity contribution in [3.63, 3.8) is 0 Å². The lowest BCUT2D eigenvalue weighted by molar-refractivity contribution is 0.201. The fourth-order valence-corrected chi connectivity index (χ4v) is 2.97. The molecule has 1 rings (SSSR count). The second-order valence-corrected chi connectivity index (χ2v) is 7.05. The van der Waals surface area contributed by atoms with Crippen LogP contribution in [0.5, 0.6) is 5.75 Å². The molecule has 5 nitrogen and oxygen atoms in total. The molecule has 6 heteroatoms. The number of benzene rings is 1. The van der Waals surface area contributed by atoms with Crippen LogP contribution in [-0.2, 0) is 10.0 Å². The topological polar surface area (TPSA) is 81.4 Å². The van der Waals surface area contributed by atoms with Crippen LogP contribution in [0.2, 0.25) is 0 Å². The molecular weight excluding hydrogens is 288 g/mol. The SMILES string of the molecule is CCCCCCC(C)Oc1ccc(N)cc1S(=O)(=O)NC. The number of nitrogen functional groups attached to an aromatic ring is 1. The Morgan fingerprint density at radius 1 is 1.29 bits per heavy atom. The van der Waals surface area contributed by atoms with Crippen molar-refractivity contribution in [3.05, 3.63) is 18.2 Å². The molecule has 1 atom stereocenters. The average Bonchev–Trinajstić information content (AvgIpc) is 2.45. The molecule has 1 aromatic carbocycles. The predicted octanol–water partition coefficient (Wildman–Crippen LogP) is 2.91. The van der Waals surface area contributed by atoms with Crippen LogP contribution in [0.25, 0.3) is 0 Å². The minimum atomic E-state index is -3.58. The Morgan fingerprint density at radius 3 is 2.62 bits per heavy atom. The molecule has 120 valence electrons. The van der Waals surface area contributed by atoms with Crippen LogP contribution < -0.4 is 15.2 Å². The number of hydrogen-bond acceptors (Lipinski definition) is 4. The third-order valence-electron chi connectivity index (χ3n) is 3.32. The maximum atomic E-state index is 12.0. The molecule has 0 amide bonds. The molecule has 0 aliphatic heterocycles. The normalized spacial score (nSPS) is 13.1. The van der Waals surface area contributed by atoms with Gasteiger partial charge < -0.3 is 10.5 Å². The van der Waals surface area contributed by atoms with Gasteiger partial charge in [-0.3, -0.25) is 0 Å². The van der Waals surface area contributed by atoms with Crippen LogP contribution in [0.4, 0.5) is 5.69 Å². The number of ether oxygens (including phenoxy) is 1. The highest BCUT2D eigenvalue weighted by Crippen LogP contribution is 2.27. The molecule has 21 heavy (non-hydrogen) atoms. The molecule has 0 saturated heterocycles. The van der Waals surface area contributed by atoms with E-state index in [4.69, 9.17) is 10.5 Å². The summed E-state index contributed by atoms with van der Waals surface area (Å²) < 4.78 is 32.1. The van der Waals surface area contributed by atoms with Crippen LogP contribution in [0.1, 0.15) is 46.0 Å². The minimum Gasteiger partial charge on any atom is -0.489 e. The number of rotatable bonds is 9. The summed E-state index contributed by atoms with van der Waals surface area (Å²) >= 11 is 0. The molecule has 0 bridgehead atoms. The standard InChI is InChI=1S/C15H26N2O3S/c1-4-5-6-7-8-12(2)20-14-10-9-13(16)11-15(14)21(18,19)17-3/h9-12,17H,4-8,16H2,1-3H3. The van der Waals surface area contributed by atoms with Crippen LogP contribution in [0.15, 0.2) is 23.1 Å². The van der Waals surface area contributed by atoms with Crippen LogP contribution in [0, 0.1) is 0 Å². The van der Waals surface area contributed by atoms with E-state index in [1.54, 1.807) is 12.1 Å². The molecule has 0 aliphatic carbocycles. The van der Waals surface area contributed by atoms with E-state index in [2.05, 4.69) is 11.6 Å². The Morgan fingerprint density at radius 2 is 2.00 bits per heavy atom. The maximum absolute atomic E-state index is 12.0. The molecule has 0 spiro atoms. The first-order chi connectivity index (χ1) is 9.90. The highest BCUT2D eigenvalue weighted by molar-refractivity contribution is 7.89. The number of anilines is 1. The predicted molar refractivity (Wildman–Crippen MR) is 85.9 cm³/mol. The van der Waals surface area contributed by atoms with Gasteiger partial charge in [0.25, 0.3) is 0 Å². The largest absolute Gasteiger partial charge is 0.489 e. The fourth-order valence-electron chi connectivity index (χ4n) is 2.08. The molecular formula is C15H26N2O3S. The van der Waals surface area contributed by atoms with Crippen LogP contribution >= 0.6 is 0 Å². The highest BCUT2D eigenvalue weighted by atomic mass is 32.2. The zero-order valence-electron chi connectivity index (χ0n) is 13.1. The van der Waals surface area contributed by atoms with Gasteiger partial charge in [-0.15, -0.1) is 0 Å². The summed E-state index contributed by atoms with van der Waals surface area (Å²) in [7, 11) is -2.21. The Bertz CT molecular complexity index is 544. The summed E-state index contributed by atoms with van der Waals surface area (Å²) in [5, 5.41) is 0. The van der Waals surface area contributed by atoms with E-state index >= 15 is 0 Å². The number of hydrogen-bond donors (Lipinski definition) is 2. The first kappa shape index (κ1) is 17.8. The maximum Gasteiger partial charge on any atom is 0.244 e. The zero-order chi connectivity index (χ0) is 15.9. The van der Waals surface area contributed by atoms with E-state index in [0.29, 0.717) is 11.4 Å². The molecule has 0 fully saturated rings. The third kappa shape index (κ3) is 5.55. The zero-order valence-corrected chi connectivity index (χ0v) is 13.9. The number of nitrogens with one attached hydrogen (secondary N) is 1. The van der Waals surface area contributed by atoms with Gasteiger partial charge in [0.05, 0.1) is 6.10 Å². The summed E-state index contributed by atoms with van der Waals surface area (Å²) in [6.07, 6.45) is 5.54. The quantitative estimate of drug-likeness (QED) is 0.542. The molecule has 1 unspecified atom stereocenters. The molecule has 0 saturated carbocycles. The Hall–Kier alpha value is -1.27. The van der Waals surface area contributed by atoms with E-state index < -0.39 is 10.0 Å². The second-order valence-electron chi connectivity index (χ2n) is 5.19. The third-order valence-corrected chi connectivity index (χ3v) is 4.75. The van der Waals surface area contributed by atoms with Crippen molar-refractivity contribution < 1.29 is 13.2 Å². The van der Waals surface area contributed by atoms with E-state index in [9.17, 15) is 8.42 Å². The molecule has 0 aliphatic rings. The summed E-state index contributed by atoms with van der Waals surface area (Å²) in [6.45, 7) is 4.13.